The summed E-state index contributed by atoms with van der Waals surface area (Å²) in [6.07, 6.45) is 0.807. The van der Waals surface area contributed by atoms with Crippen molar-refractivity contribution in [1.29, 1.82) is 5.41 Å². The third kappa shape index (κ3) is 4.32. The smallest absolute Gasteiger partial charge is 0.251 e. The monoisotopic (exact) mass is 331 g/mol. The molecular weight excluding hydrogens is 308 g/mol. The summed E-state index contributed by atoms with van der Waals surface area (Å²) in [5.41, 5.74) is 6.33. The summed E-state index contributed by atoms with van der Waals surface area (Å²) >= 11 is 0. The fraction of sp³-hybridized carbons (Fsp3) is 0.471. The summed E-state index contributed by atoms with van der Waals surface area (Å²) in [4.78, 5) is 26.5. The number of amidine groups is 1. The van der Waals surface area contributed by atoms with Gasteiger partial charge in [0, 0.05) is 24.2 Å². The number of carbonyl (C=O) groups excluding carboxylic acids is 2. The van der Waals surface area contributed by atoms with E-state index in [0.717, 1.165) is 0 Å². The minimum absolute atomic E-state index is 0.0645. The van der Waals surface area contributed by atoms with Crippen molar-refractivity contribution in [1.82, 2.24) is 10.2 Å². The lowest BCUT2D eigenvalue weighted by Gasteiger charge is -2.31. The van der Waals surface area contributed by atoms with Crippen molar-refractivity contribution in [3.05, 3.63) is 35.4 Å². The third-order valence-electron chi connectivity index (χ3n) is 4.22. The molecule has 1 aliphatic rings. The van der Waals surface area contributed by atoms with E-state index in [1.165, 1.54) is 0 Å². The van der Waals surface area contributed by atoms with E-state index in [9.17, 15) is 14.7 Å². The second-order valence-corrected chi connectivity index (χ2v) is 5.95. The molecule has 1 aromatic rings. The molecule has 1 aromatic carbocycles. The molecule has 2 rings (SSSR count). The van der Waals surface area contributed by atoms with E-state index < -0.39 is 12.1 Å². The minimum Gasteiger partial charge on any atom is -0.384 e. The highest BCUT2D eigenvalue weighted by molar-refractivity contribution is 5.99. The average Bonchev–Trinajstić information content (AvgIpc) is 2.59. The largest absolute Gasteiger partial charge is 0.384 e. The van der Waals surface area contributed by atoms with Crippen LogP contribution in [0.25, 0.3) is 0 Å². The summed E-state index contributed by atoms with van der Waals surface area (Å²) < 4.78 is 0. The molecule has 0 aliphatic carbocycles. The van der Waals surface area contributed by atoms with Gasteiger partial charge in [0.1, 0.15) is 11.9 Å². The summed E-state index contributed by atoms with van der Waals surface area (Å²) in [6.45, 7) is 2.74. The van der Waals surface area contributed by atoms with Crippen LogP contribution < -0.4 is 11.1 Å². The first-order chi connectivity index (χ1) is 11.4. The van der Waals surface area contributed by atoms with Gasteiger partial charge in [-0.3, -0.25) is 15.0 Å². The van der Waals surface area contributed by atoms with Crippen molar-refractivity contribution in [2.75, 3.05) is 13.1 Å². The second kappa shape index (κ2) is 7.92. The number of amides is 2. The lowest BCUT2D eigenvalue weighted by Crippen LogP contribution is -2.50. The molecule has 1 saturated heterocycles. The molecule has 1 heterocycles. The third-order valence-corrected chi connectivity index (χ3v) is 4.22. The predicted molar refractivity (Wildman–Crippen MR) is 89.3 cm³/mol. The molecule has 0 bridgehead atoms. The van der Waals surface area contributed by atoms with Gasteiger partial charge < -0.3 is 16.0 Å². The Labute approximate surface area is 141 Å². The summed E-state index contributed by atoms with van der Waals surface area (Å²) in [5.74, 6) is -0.549. The molecular formula is C17H23N4O3. The normalized spacial score (nSPS) is 16.5. The zero-order valence-electron chi connectivity index (χ0n) is 13.7. The van der Waals surface area contributed by atoms with Crippen molar-refractivity contribution in [2.24, 2.45) is 5.73 Å². The van der Waals surface area contributed by atoms with Gasteiger partial charge in [-0.15, -0.1) is 0 Å². The van der Waals surface area contributed by atoms with Gasteiger partial charge in [0.2, 0.25) is 5.91 Å². The average molecular weight is 331 g/mol. The molecule has 1 radical (unpaired) electrons. The van der Waals surface area contributed by atoms with Gasteiger partial charge in [-0.1, -0.05) is 19.1 Å². The van der Waals surface area contributed by atoms with Crippen LogP contribution >= 0.6 is 0 Å². The van der Waals surface area contributed by atoms with Crippen molar-refractivity contribution >= 4 is 17.6 Å². The van der Waals surface area contributed by atoms with Crippen LogP contribution in [-0.4, -0.2) is 47.8 Å². The molecule has 0 saturated carbocycles. The quantitative estimate of drug-likeness (QED) is 0.549. The van der Waals surface area contributed by atoms with Crippen LogP contribution in [0.15, 0.2) is 24.3 Å². The molecule has 0 spiro atoms. The van der Waals surface area contributed by atoms with E-state index in [2.05, 4.69) is 5.32 Å². The lowest BCUT2D eigenvalue weighted by atomic mass is 10.1. The Morgan fingerprint density at radius 1 is 1.25 bits per heavy atom. The number of nitrogens with zero attached hydrogens (tertiary/aromatic N) is 1. The highest BCUT2D eigenvalue weighted by Gasteiger charge is 2.28. The summed E-state index contributed by atoms with van der Waals surface area (Å²) in [7, 11) is 0. The maximum absolute atomic E-state index is 12.5. The van der Waals surface area contributed by atoms with E-state index in [-0.39, 0.29) is 17.6 Å². The van der Waals surface area contributed by atoms with Crippen LogP contribution in [0, 0.1) is 5.41 Å². The van der Waals surface area contributed by atoms with E-state index >= 15 is 0 Å². The molecule has 4 N–H and O–H groups in total. The Morgan fingerprint density at radius 3 is 2.29 bits per heavy atom. The maximum atomic E-state index is 12.5. The van der Waals surface area contributed by atoms with Gasteiger partial charge in [-0.2, -0.15) is 0 Å². The maximum Gasteiger partial charge on any atom is 0.251 e. The van der Waals surface area contributed by atoms with Gasteiger partial charge in [-0.25, -0.2) is 5.11 Å². The zero-order valence-corrected chi connectivity index (χ0v) is 13.7. The standard InChI is InChI=1S/C17H23N4O3/c1-2-14(17(24)21-9-7-13(22)8-10-21)20-16(23)12-5-3-11(4-6-12)15(18)19/h3-6,13-14H,2,7-10H2,1H3,(H3,18,19)(H,20,23). The van der Waals surface area contributed by atoms with Crippen LogP contribution in [0.4, 0.5) is 0 Å². The lowest BCUT2D eigenvalue weighted by molar-refractivity contribution is -0.135. The van der Waals surface area contributed by atoms with Gasteiger partial charge in [0.15, 0.2) is 0 Å². The SMILES string of the molecule is CCC(NC(=O)c1ccc(C(=N)N)cc1)C(=O)N1CCC([O])CC1. The van der Waals surface area contributed by atoms with E-state index in [1.54, 1.807) is 29.2 Å². The highest BCUT2D eigenvalue weighted by Crippen LogP contribution is 2.13. The zero-order chi connectivity index (χ0) is 17.7. The molecule has 1 aliphatic heterocycles. The number of rotatable bonds is 5. The van der Waals surface area contributed by atoms with E-state index in [4.69, 9.17) is 11.1 Å². The summed E-state index contributed by atoms with van der Waals surface area (Å²) in [6, 6.07) is 5.74. The number of nitrogens with two attached hydrogens (primary N) is 1. The van der Waals surface area contributed by atoms with Crippen LogP contribution in [0.5, 0.6) is 0 Å². The predicted octanol–water partition coefficient (Wildman–Crippen LogP) is 0.901. The number of nitrogen functional groups attached to an aromatic ring is 1. The number of hydrogen-bond acceptors (Lipinski definition) is 3. The number of carbonyl (C=O) groups is 2. The van der Waals surface area contributed by atoms with Gasteiger partial charge >= 0.3 is 0 Å². The number of benzene rings is 1. The molecule has 129 valence electrons. The second-order valence-electron chi connectivity index (χ2n) is 5.95. The number of piperidine rings is 1. The Hall–Kier alpha value is -2.41. The number of nitrogens with one attached hydrogen (secondary N) is 2. The van der Waals surface area contributed by atoms with Crippen LogP contribution in [0.3, 0.4) is 0 Å². The van der Waals surface area contributed by atoms with Crippen molar-refractivity contribution < 1.29 is 14.7 Å². The topological polar surface area (TPSA) is 119 Å². The van der Waals surface area contributed by atoms with E-state index in [1.807, 2.05) is 6.92 Å². The van der Waals surface area contributed by atoms with Gasteiger partial charge in [0.25, 0.3) is 5.91 Å². The minimum atomic E-state index is -0.604. The first kappa shape index (κ1) is 17.9. The number of hydrogen-bond donors (Lipinski definition) is 3. The van der Waals surface area contributed by atoms with Crippen LogP contribution in [-0.2, 0) is 9.90 Å². The van der Waals surface area contributed by atoms with Crippen LogP contribution in [0.2, 0.25) is 0 Å². The molecule has 1 atom stereocenters. The first-order valence-corrected chi connectivity index (χ1v) is 8.12. The van der Waals surface area contributed by atoms with Crippen molar-refractivity contribution in [3.8, 4) is 0 Å². The van der Waals surface area contributed by atoms with E-state index in [0.29, 0.717) is 43.5 Å². The Morgan fingerprint density at radius 2 is 1.79 bits per heavy atom. The van der Waals surface area contributed by atoms with Gasteiger partial charge in [0.05, 0.1) is 6.10 Å². The highest BCUT2D eigenvalue weighted by atomic mass is 16.3. The van der Waals surface area contributed by atoms with Crippen molar-refractivity contribution in [2.45, 2.75) is 38.3 Å². The number of likely N-dealkylation sites (tertiary alicyclic amines) is 1. The fourth-order valence-corrected chi connectivity index (χ4v) is 2.68. The Bertz CT molecular complexity index is 607. The van der Waals surface area contributed by atoms with Crippen molar-refractivity contribution in [3.63, 3.8) is 0 Å². The fourth-order valence-electron chi connectivity index (χ4n) is 2.68. The Kier molecular flexibility index (Phi) is 5.92. The Balaban J connectivity index is 1.99. The van der Waals surface area contributed by atoms with Crippen LogP contribution in [0.1, 0.15) is 42.1 Å². The molecule has 24 heavy (non-hydrogen) atoms. The molecule has 7 nitrogen and oxygen atoms in total. The first-order valence-electron chi connectivity index (χ1n) is 8.12. The molecule has 1 fully saturated rings. The molecule has 0 aromatic heterocycles. The van der Waals surface area contributed by atoms with Gasteiger partial charge in [-0.05, 0) is 31.4 Å². The summed E-state index contributed by atoms with van der Waals surface area (Å²) in [5, 5.41) is 21.5. The molecule has 2 amide bonds. The molecule has 1 unspecified atom stereocenters. The molecule has 7 heteroatoms.